The molecule has 5 atom stereocenters. The molecule has 1 fully saturated rings. The molecule has 1 heterocycles. The summed E-state index contributed by atoms with van der Waals surface area (Å²) in [6.07, 6.45) is 3.82. The van der Waals surface area contributed by atoms with Gasteiger partial charge >= 0.3 is 54.3 Å². The lowest BCUT2D eigenvalue weighted by Crippen LogP contribution is -2.51. The van der Waals surface area contributed by atoms with E-state index in [1.54, 1.807) is 30.3 Å². The minimum absolute atomic E-state index is 0.0196. The molecule has 486 valence electrons. The Morgan fingerprint density at radius 3 is 1.65 bits per heavy atom. The number of urea groups is 1. The molecule has 0 unspecified atom stereocenters. The van der Waals surface area contributed by atoms with Crippen molar-refractivity contribution in [3.05, 3.63) is 65.7 Å². The summed E-state index contributed by atoms with van der Waals surface area (Å²) in [4.78, 5) is 169. The maximum atomic E-state index is 13.8. The number of ketones is 1. The molecular weight excluding hydrogens is 1170 g/mol. The molecule has 0 aromatic heterocycles. The van der Waals surface area contributed by atoms with Crippen molar-refractivity contribution in [3.63, 3.8) is 0 Å². The molecule has 1 aliphatic heterocycles. The summed E-state index contributed by atoms with van der Waals surface area (Å²) in [7, 11) is 6.32. The van der Waals surface area contributed by atoms with Gasteiger partial charge in [-0.1, -0.05) is 67.5 Å². The van der Waals surface area contributed by atoms with E-state index < -0.39 is 96.8 Å². The monoisotopic (exact) mass is 1260 g/mol. The Labute approximate surface area is 515 Å². The van der Waals surface area contributed by atoms with Gasteiger partial charge in [-0.05, 0) is 109 Å². The van der Waals surface area contributed by atoms with Crippen molar-refractivity contribution in [2.24, 2.45) is 5.92 Å². The Balaban J connectivity index is 0.00000789. The highest BCUT2D eigenvalue weighted by molar-refractivity contribution is 7.80. The van der Waals surface area contributed by atoms with Gasteiger partial charge in [-0.2, -0.15) is 28.8 Å². The SMILES string of the molecule is CN1CCN(C)C[C@H](Cc2ccc(NC(=S)CCCCCCC(=O)N[C@@H](CCC(=O)O)C(=O)C[C@@H](Cc3ccccc3)C(=O)NCCCC[C@H](NC(=O)N[C@@H](CCC(=O)O)C(=O)O)C(=O)O)cc2)N(C)CCN(CC(=O)O)CC1.O=C=O.O=C=O.O=C=O. The number of carboxylic acids is 5. The van der Waals surface area contributed by atoms with Crippen LogP contribution in [0.1, 0.15) is 101 Å². The first-order chi connectivity index (χ1) is 41.8. The minimum atomic E-state index is -1.56. The van der Waals surface area contributed by atoms with Gasteiger partial charge in [0.15, 0.2) is 5.78 Å². The number of carbonyl (C=O) groups is 9. The van der Waals surface area contributed by atoms with Crippen LogP contribution in [0.2, 0.25) is 0 Å². The van der Waals surface area contributed by atoms with Crippen molar-refractivity contribution in [1.82, 2.24) is 40.9 Å². The number of thiocarbonyl (C=S) groups is 1. The van der Waals surface area contributed by atoms with E-state index in [-0.39, 0.29) is 82.5 Å². The number of nitrogens with one attached hydrogen (secondary N) is 5. The van der Waals surface area contributed by atoms with Crippen molar-refractivity contribution < 1.29 is 97.5 Å². The van der Waals surface area contributed by atoms with Gasteiger partial charge in [-0.3, -0.25) is 33.7 Å². The van der Waals surface area contributed by atoms with E-state index in [0.717, 1.165) is 63.2 Å². The van der Waals surface area contributed by atoms with Crippen LogP contribution in [0.3, 0.4) is 0 Å². The number of anilines is 1. The van der Waals surface area contributed by atoms with Crippen LogP contribution in [0, 0.1) is 5.92 Å². The molecule has 1 aliphatic rings. The third-order valence-electron chi connectivity index (χ3n) is 13.8. The standard InChI is InChI=1S/C55H83N9O14S.3CO2/c1-61-27-28-62(2)36-42(63(3)30-32-64(31-29-61)37-51(71)72)34-39-18-20-41(21-19-39)57-48(79)17-10-5-4-9-16-47(66)58-43(22-24-49(67)68)46(65)35-40(33-38-13-7-6-8-14-38)52(73)56-26-12-11-15-44(53(74)75)59-55(78)60-45(54(76)77)23-25-50(69)70;3*2-1-3/h6-8,13-14,18-21,40,42-45H,4-5,9-12,15-17,22-37H2,1-3H3,(H,56,73)(H,57,79)(H,58,66)(H,67,68)(H,69,70)(H,71,72)(H,74,75)(H,76,77)(H2,59,60,78);;;/t40-,42+,43+,44+,45+;;;/m1.../s1. The van der Waals surface area contributed by atoms with Crippen LogP contribution >= 0.6 is 12.2 Å². The number of aliphatic carboxylic acids is 5. The van der Waals surface area contributed by atoms with Crippen molar-refractivity contribution in [2.75, 3.05) is 85.4 Å². The van der Waals surface area contributed by atoms with Crippen LogP contribution in [-0.4, -0.2) is 226 Å². The Kier molecular flexibility index (Phi) is 43.1. The van der Waals surface area contributed by atoms with E-state index in [2.05, 4.69) is 74.6 Å². The Hall–Kier alpha value is -8.46. The van der Waals surface area contributed by atoms with Crippen LogP contribution in [0.15, 0.2) is 54.6 Å². The molecular formula is C58H83N9O20S. The predicted octanol–water partition coefficient (Wildman–Crippen LogP) is 1.65. The summed E-state index contributed by atoms with van der Waals surface area (Å²) in [5, 5.41) is 59.8. The second-order valence-corrected chi connectivity index (χ2v) is 21.2. The number of likely N-dealkylation sites (N-methyl/N-ethyl adjacent to an activating group) is 3. The first-order valence-corrected chi connectivity index (χ1v) is 28.7. The smallest absolute Gasteiger partial charge is 0.373 e. The maximum absolute atomic E-state index is 13.8. The second kappa shape index (κ2) is 47.7. The fourth-order valence-corrected chi connectivity index (χ4v) is 9.29. The van der Waals surface area contributed by atoms with E-state index in [4.69, 9.17) is 46.1 Å². The highest BCUT2D eigenvalue weighted by Gasteiger charge is 2.30. The van der Waals surface area contributed by atoms with Gasteiger partial charge in [0.1, 0.15) is 12.1 Å². The van der Waals surface area contributed by atoms with E-state index in [1.165, 1.54) is 5.56 Å². The lowest BCUT2D eigenvalue weighted by molar-refractivity contribution is -0.193. The minimum Gasteiger partial charge on any atom is -0.481 e. The number of benzene rings is 2. The molecule has 0 saturated carbocycles. The van der Waals surface area contributed by atoms with Crippen molar-refractivity contribution in [2.45, 2.75) is 127 Å². The summed E-state index contributed by atoms with van der Waals surface area (Å²) in [5.41, 5.74) is 2.82. The Morgan fingerprint density at radius 2 is 1.09 bits per heavy atom. The summed E-state index contributed by atoms with van der Waals surface area (Å²) < 4.78 is 0. The molecule has 2 aromatic rings. The molecule has 30 heteroatoms. The lowest BCUT2D eigenvalue weighted by Gasteiger charge is -2.35. The molecule has 1 saturated heterocycles. The van der Waals surface area contributed by atoms with Crippen molar-refractivity contribution in [3.8, 4) is 0 Å². The fourth-order valence-electron chi connectivity index (χ4n) is 9.02. The first-order valence-electron chi connectivity index (χ1n) is 28.3. The maximum Gasteiger partial charge on any atom is 0.373 e. The Bertz CT molecular complexity index is 2570. The topological polar surface area (TPSA) is 430 Å². The van der Waals surface area contributed by atoms with Gasteiger partial charge in [0.2, 0.25) is 11.8 Å². The van der Waals surface area contributed by atoms with Crippen molar-refractivity contribution >= 4 is 94.8 Å². The van der Waals surface area contributed by atoms with Crippen LogP contribution < -0.4 is 26.6 Å². The van der Waals surface area contributed by atoms with Gasteiger partial charge in [-0.15, -0.1) is 0 Å². The number of hydrogen-bond acceptors (Lipinski definition) is 20. The van der Waals surface area contributed by atoms with E-state index in [9.17, 15) is 63.6 Å². The zero-order valence-corrected chi connectivity index (χ0v) is 50.6. The number of unbranched alkanes of at least 4 members (excludes halogenated alkanes) is 4. The van der Waals surface area contributed by atoms with E-state index >= 15 is 0 Å². The van der Waals surface area contributed by atoms with Crippen LogP contribution in [0.25, 0.3) is 0 Å². The Morgan fingerprint density at radius 1 is 0.568 bits per heavy atom. The molecule has 2 aromatic carbocycles. The second-order valence-electron chi connectivity index (χ2n) is 20.7. The van der Waals surface area contributed by atoms with Gasteiger partial charge in [0.05, 0.1) is 17.6 Å². The number of nitrogens with zero attached hydrogens (tertiary/aromatic N) is 4. The molecule has 29 nitrogen and oxygen atoms in total. The van der Waals surface area contributed by atoms with E-state index in [1.807, 2.05) is 17.0 Å². The first kappa shape index (κ1) is 79.5. The normalized spacial score (nSPS) is 15.1. The number of Topliss-reactive ketones (excluding diaryl/α,β-unsaturated/α-hetero) is 1. The number of carboxylic acid groups (broad SMARTS) is 5. The van der Waals surface area contributed by atoms with Gasteiger partial charge in [-0.25, -0.2) is 14.4 Å². The molecule has 4 amide bonds. The summed E-state index contributed by atoms with van der Waals surface area (Å²) in [6.45, 7) is 5.69. The average Bonchev–Trinajstić information content (AvgIpc) is 3.65. The van der Waals surface area contributed by atoms with Gasteiger partial charge in [0, 0.05) is 95.7 Å². The predicted molar refractivity (Wildman–Crippen MR) is 315 cm³/mol. The zero-order valence-electron chi connectivity index (χ0n) is 49.8. The quantitative estimate of drug-likeness (QED) is 0.0352. The zero-order chi connectivity index (χ0) is 66.4. The fraction of sp³-hybridized carbons (Fsp3) is 0.569. The lowest BCUT2D eigenvalue weighted by atomic mass is 9.90. The highest BCUT2D eigenvalue weighted by atomic mass is 32.1. The van der Waals surface area contributed by atoms with Gasteiger partial charge < -0.3 is 66.8 Å². The van der Waals surface area contributed by atoms with Crippen LogP contribution in [-0.2, 0) is 80.0 Å². The molecule has 0 spiro atoms. The third kappa shape index (κ3) is 39.3. The number of rotatable bonds is 34. The number of amides is 4. The number of hydrogen-bond donors (Lipinski definition) is 10. The molecule has 0 bridgehead atoms. The molecule has 0 aliphatic carbocycles. The van der Waals surface area contributed by atoms with Gasteiger partial charge in [0.25, 0.3) is 0 Å². The molecule has 10 N–H and O–H groups in total. The number of carbonyl (C=O) groups excluding carboxylic acids is 10. The highest BCUT2D eigenvalue weighted by Crippen LogP contribution is 2.19. The summed E-state index contributed by atoms with van der Waals surface area (Å²) >= 11 is 5.66. The largest absolute Gasteiger partial charge is 0.481 e. The molecule has 0 radical (unpaired) electrons. The van der Waals surface area contributed by atoms with E-state index in [0.29, 0.717) is 37.3 Å². The van der Waals surface area contributed by atoms with Crippen LogP contribution in [0.4, 0.5) is 10.5 Å². The third-order valence-corrected chi connectivity index (χ3v) is 14.1. The van der Waals surface area contributed by atoms with Crippen LogP contribution in [0.5, 0.6) is 0 Å². The molecule has 3 rings (SSSR count). The summed E-state index contributed by atoms with van der Waals surface area (Å²) in [5.74, 6) is -8.44. The molecule has 88 heavy (non-hydrogen) atoms. The average molecular weight is 1260 g/mol. The van der Waals surface area contributed by atoms with Crippen molar-refractivity contribution in [1.29, 1.82) is 0 Å². The summed E-state index contributed by atoms with van der Waals surface area (Å²) in [6, 6.07) is 12.2.